The Balaban J connectivity index is 2.32. The highest BCUT2D eigenvalue weighted by molar-refractivity contribution is 9.10. The Morgan fingerprint density at radius 3 is 2.26 bits per heavy atom. The number of benzene rings is 1. The van der Waals surface area contributed by atoms with Crippen LogP contribution in [0.4, 0.5) is 0 Å². The number of nitrogens with zero attached hydrogens (tertiary/aromatic N) is 1. The van der Waals surface area contributed by atoms with Crippen molar-refractivity contribution in [3.63, 3.8) is 0 Å². The van der Waals surface area contributed by atoms with E-state index in [9.17, 15) is 9.00 Å². The lowest BCUT2D eigenvalue weighted by atomic mass is 9.92. The van der Waals surface area contributed by atoms with Crippen molar-refractivity contribution in [3.8, 4) is 0 Å². The van der Waals surface area contributed by atoms with E-state index in [1.54, 1.807) is 0 Å². The summed E-state index contributed by atoms with van der Waals surface area (Å²) in [4.78, 5) is 12.5. The van der Waals surface area contributed by atoms with Crippen molar-refractivity contribution < 1.29 is 13.7 Å². The van der Waals surface area contributed by atoms with E-state index in [1.807, 2.05) is 53.7 Å². The van der Waals surface area contributed by atoms with Gasteiger partial charge in [-0.2, -0.15) is 0 Å². The highest BCUT2D eigenvalue weighted by Crippen LogP contribution is 2.39. The molecule has 0 spiro atoms. The molecule has 152 valence electrons. The maximum absolute atomic E-state index is 13.4. The molecule has 0 saturated carbocycles. The summed E-state index contributed by atoms with van der Waals surface area (Å²) in [7, 11) is -1.22. The summed E-state index contributed by atoms with van der Waals surface area (Å²) in [5, 5.41) is 0. The number of piperidine rings is 1. The van der Waals surface area contributed by atoms with E-state index in [-0.39, 0.29) is 24.5 Å². The van der Waals surface area contributed by atoms with Crippen molar-refractivity contribution >= 4 is 32.9 Å². The fourth-order valence-corrected chi connectivity index (χ4v) is 5.19. The predicted molar refractivity (Wildman–Crippen MR) is 115 cm³/mol. The minimum atomic E-state index is -1.22. The van der Waals surface area contributed by atoms with Crippen LogP contribution < -0.4 is 0 Å². The van der Waals surface area contributed by atoms with Crippen LogP contribution in [-0.4, -0.2) is 30.9 Å². The highest BCUT2D eigenvalue weighted by Gasteiger charge is 2.40. The first-order chi connectivity index (χ1) is 12.4. The Bertz CT molecular complexity index is 676. The first-order valence-electron chi connectivity index (χ1n) is 9.56. The van der Waals surface area contributed by atoms with Gasteiger partial charge in [0.25, 0.3) is 0 Å². The average molecular weight is 458 g/mol. The van der Waals surface area contributed by atoms with Crippen LogP contribution >= 0.6 is 15.9 Å². The Labute approximate surface area is 174 Å². The molecule has 1 unspecified atom stereocenters. The summed E-state index contributed by atoms with van der Waals surface area (Å²) >= 11 is 3.48. The third-order valence-corrected chi connectivity index (χ3v) is 6.99. The topological polar surface area (TPSA) is 46.6 Å². The van der Waals surface area contributed by atoms with Gasteiger partial charge in [0.2, 0.25) is 0 Å². The fourth-order valence-electron chi connectivity index (χ4n) is 3.39. The molecule has 2 rings (SSSR count). The molecule has 1 aliphatic heterocycles. The van der Waals surface area contributed by atoms with E-state index in [1.165, 1.54) is 0 Å². The molecule has 3 atom stereocenters. The maximum atomic E-state index is 13.4. The van der Waals surface area contributed by atoms with Crippen LogP contribution in [0.3, 0.4) is 0 Å². The molecule has 27 heavy (non-hydrogen) atoms. The summed E-state index contributed by atoms with van der Waals surface area (Å²) in [5.74, 6) is -0.222. The summed E-state index contributed by atoms with van der Waals surface area (Å²) < 4.78 is 21.7. The van der Waals surface area contributed by atoms with Gasteiger partial charge >= 0.3 is 5.97 Å². The minimum Gasteiger partial charge on any atom is -0.460 e. The number of hydrogen-bond donors (Lipinski definition) is 0. The second kappa shape index (κ2) is 8.75. The van der Waals surface area contributed by atoms with Crippen LogP contribution in [0.5, 0.6) is 0 Å². The van der Waals surface area contributed by atoms with Crippen molar-refractivity contribution in [1.82, 2.24) is 4.31 Å². The van der Waals surface area contributed by atoms with E-state index in [0.29, 0.717) is 0 Å². The largest absolute Gasteiger partial charge is 0.460 e. The molecular formula is C21H32BrNO3S. The zero-order valence-electron chi connectivity index (χ0n) is 17.3. The molecule has 0 amide bonds. The van der Waals surface area contributed by atoms with Gasteiger partial charge in [0.05, 0.1) is 11.2 Å². The lowest BCUT2D eigenvalue weighted by Gasteiger charge is -2.43. The van der Waals surface area contributed by atoms with Crippen molar-refractivity contribution in [2.45, 2.75) is 89.7 Å². The fraction of sp³-hybridized carbons (Fsp3) is 0.667. The van der Waals surface area contributed by atoms with E-state index >= 15 is 0 Å². The van der Waals surface area contributed by atoms with Crippen LogP contribution in [0, 0.1) is 0 Å². The molecule has 1 heterocycles. The molecule has 6 heteroatoms. The number of carbonyl (C=O) groups excluding carboxylic acids is 1. The molecule has 1 saturated heterocycles. The molecule has 0 N–H and O–H groups in total. The SMILES string of the molecule is CC(C)(C)OC(=O)C[C@@H]1CCC[C@@H](c2ccc(Br)cc2)N1S(=O)C(C)(C)C. The van der Waals surface area contributed by atoms with Gasteiger partial charge in [0, 0.05) is 16.6 Å². The van der Waals surface area contributed by atoms with E-state index < -0.39 is 21.3 Å². The summed E-state index contributed by atoms with van der Waals surface area (Å²) in [6, 6.07) is 8.16. The Morgan fingerprint density at radius 2 is 1.74 bits per heavy atom. The van der Waals surface area contributed by atoms with Crippen LogP contribution in [-0.2, 0) is 20.5 Å². The third-order valence-electron chi connectivity index (χ3n) is 4.47. The Morgan fingerprint density at radius 1 is 1.15 bits per heavy atom. The van der Waals surface area contributed by atoms with Crippen LogP contribution in [0.15, 0.2) is 28.7 Å². The van der Waals surface area contributed by atoms with E-state index in [4.69, 9.17) is 4.74 Å². The molecule has 0 aromatic heterocycles. The molecule has 0 bridgehead atoms. The normalized spacial score (nSPS) is 23.1. The lowest BCUT2D eigenvalue weighted by molar-refractivity contribution is -0.156. The Hall–Kier alpha value is -0.720. The van der Waals surface area contributed by atoms with Gasteiger partial charge in [-0.1, -0.05) is 28.1 Å². The third kappa shape index (κ3) is 6.40. The molecule has 1 aromatic carbocycles. The van der Waals surface area contributed by atoms with Gasteiger partial charge in [-0.25, -0.2) is 8.51 Å². The van der Waals surface area contributed by atoms with Crippen molar-refractivity contribution in [3.05, 3.63) is 34.3 Å². The predicted octanol–water partition coefficient (Wildman–Crippen LogP) is 5.54. The zero-order valence-corrected chi connectivity index (χ0v) is 19.7. The summed E-state index contributed by atoms with van der Waals surface area (Å²) in [5.41, 5.74) is 0.634. The first-order valence-corrected chi connectivity index (χ1v) is 11.5. The van der Waals surface area contributed by atoms with Gasteiger partial charge in [0.15, 0.2) is 0 Å². The first kappa shape index (κ1) is 22.6. The van der Waals surface area contributed by atoms with Gasteiger partial charge in [-0.3, -0.25) is 4.79 Å². The monoisotopic (exact) mass is 457 g/mol. The zero-order chi connectivity index (χ0) is 20.4. The van der Waals surface area contributed by atoms with Gasteiger partial charge < -0.3 is 4.74 Å². The molecular weight excluding hydrogens is 426 g/mol. The number of rotatable bonds is 4. The number of hydrogen-bond acceptors (Lipinski definition) is 3. The maximum Gasteiger partial charge on any atom is 0.307 e. The van der Waals surface area contributed by atoms with Crippen LogP contribution in [0.25, 0.3) is 0 Å². The minimum absolute atomic E-state index is 0.0411. The standard InChI is InChI=1S/C21H32BrNO3S/c1-20(2,3)26-19(24)14-17-8-7-9-18(15-10-12-16(22)13-11-15)23(17)27(25)21(4,5)6/h10-13,17-18H,7-9,14H2,1-6H3/t17-,18-,27?/m0/s1. The van der Waals surface area contributed by atoms with Gasteiger partial charge in [0.1, 0.15) is 16.6 Å². The number of carbonyl (C=O) groups is 1. The van der Waals surface area contributed by atoms with Crippen molar-refractivity contribution in [2.75, 3.05) is 0 Å². The van der Waals surface area contributed by atoms with Crippen LogP contribution in [0.1, 0.15) is 78.8 Å². The second-order valence-corrected chi connectivity index (χ2v) is 12.2. The summed E-state index contributed by atoms with van der Waals surface area (Å²) in [6.07, 6.45) is 3.07. The van der Waals surface area contributed by atoms with Crippen molar-refractivity contribution in [1.29, 1.82) is 0 Å². The van der Waals surface area contributed by atoms with Crippen molar-refractivity contribution in [2.24, 2.45) is 0 Å². The van der Waals surface area contributed by atoms with E-state index in [0.717, 1.165) is 29.3 Å². The number of ether oxygens (including phenoxy) is 1. The molecule has 1 aliphatic rings. The molecule has 0 aliphatic carbocycles. The number of halogens is 1. The number of esters is 1. The Kier molecular flexibility index (Phi) is 7.31. The van der Waals surface area contributed by atoms with Crippen LogP contribution in [0.2, 0.25) is 0 Å². The highest BCUT2D eigenvalue weighted by atomic mass is 79.9. The molecule has 0 radical (unpaired) electrons. The van der Waals surface area contributed by atoms with Gasteiger partial charge in [-0.05, 0) is 78.5 Å². The summed E-state index contributed by atoms with van der Waals surface area (Å²) in [6.45, 7) is 11.6. The lowest BCUT2D eigenvalue weighted by Crippen LogP contribution is -2.49. The molecule has 1 aromatic rings. The average Bonchev–Trinajstić information content (AvgIpc) is 2.52. The van der Waals surface area contributed by atoms with Gasteiger partial charge in [-0.15, -0.1) is 0 Å². The molecule has 4 nitrogen and oxygen atoms in total. The smallest absolute Gasteiger partial charge is 0.307 e. The quantitative estimate of drug-likeness (QED) is 0.557. The molecule has 1 fully saturated rings. The second-order valence-electron chi connectivity index (χ2n) is 9.16. The van der Waals surface area contributed by atoms with E-state index in [2.05, 4.69) is 32.4 Å².